The quantitative estimate of drug-likeness (QED) is 0.478. The molecule has 9 nitrogen and oxygen atoms in total. The number of carboxylic acid groups (broad SMARTS) is 1. The van der Waals surface area contributed by atoms with Crippen molar-refractivity contribution >= 4 is 27.8 Å². The van der Waals surface area contributed by atoms with Gasteiger partial charge in [-0.1, -0.05) is 36.4 Å². The zero-order valence-corrected chi connectivity index (χ0v) is 15.9. The van der Waals surface area contributed by atoms with Gasteiger partial charge in [-0.05, 0) is 28.8 Å². The van der Waals surface area contributed by atoms with Crippen LogP contribution in [0.1, 0.15) is 21.5 Å². The normalized spacial score (nSPS) is 11.4. The highest BCUT2D eigenvalue weighted by Crippen LogP contribution is 2.23. The first kappa shape index (κ1) is 17.8. The minimum Gasteiger partial charge on any atom is -0.478 e. The van der Waals surface area contributed by atoms with Gasteiger partial charge in [-0.2, -0.15) is 10.2 Å². The number of nitrogens with one attached hydrogen (secondary N) is 1. The zero-order valence-electron chi connectivity index (χ0n) is 15.9. The van der Waals surface area contributed by atoms with E-state index in [4.69, 9.17) is 5.11 Å². The average molecular weight is 400 g/mol. The second-order valence-electron chi connectivity index (χ2n) is 6.98. The summed E-state index contributed by atoms with van der Waals surface area (Å²) in [7, 11) is 0. The van der Waals surface area contributed by atoms with Crippen molar-refractivity contribution in [1.82, 2.24) is 29.5 Å². The predicted octanol–water partition coefficient (Wildman–Crippen LogP) is 2.51. The van der Waals surface area contributed by atoms with Gasteiger partial charge in [0.05, 0.1) is 24.5 Å². The Hall–Kier alpha value is -4.27. The van der Waals surface area contributed by atoms with E-state index in [1.54, 1.807) is 4.68 Å². The Labute approximate surface area is 169 Å². The summed E-state index contributed by atoms with van der Waals surface area (Å²) < 4.78 is 2.84. The van der Waals surface area contributed by atoms with Gasteiger partial charge in [0.1, 0.15) is 5.52 Å². The number of hydrogen-bond donors (Lipinski definition) is 2. The van der Waals surface area contributed by atoms with Crippen molar-refractivity contribution in [3.8, 4) is 5.95 Å². The number of carbonyl (C=O) groups is 1. The predicted molar refractivity (Wildman–Crippen MR) is 110 cm³/mol. The maximum atomic E-state index is 12.8. The molecule has 0 saturated carbocycles. The molecule has 0 aliphatic carbocycles. The van der Waals surface area contributed by atoms with E-state index in [1.807, 2.05) is 18.2 Å². The lowest BCUT2D eigenvalue weighted by Crippen LogP contribution is -2.17. The standard InChI is InChI=1S/C21H16N6O3/c1-12-14(7-6-13-4-2-3-5-16(12)13)10-26-18-17(9-23-26)24-21(25-19(18)28)27-11-15(8-22-27)20(29)30/h2-9,11H,10H2,1H3,(H,29,30)(H,24,25,28). The molecule has 0 bridgehead atoms. The maximum Gasteiger partial charge on any atom is 0.338 e. The van der Waals surface area contributed by atoms with Crippen LogP contribution in [0.3, 0.4) is 0 Å². The van der Waals surface area contributed by atoms with Crippen LogP contribution >= 0.6 is 0 Å². The van der Waals surface area contributed by atoms with Gasteiger partial charge in [0.25, 0.3) is 5.56 Å². The van der Waals surface area contributed by atoms with E-state index in [0.717, 1.165) is 21.9 Å². The Morgan fingerprint density at radius 2 is 1.97 bits per heavy atom. The molecule has 0 aliphatic rings. The van der Waals surface area contributed by atoms with E-state index >= 15 is 0 Å². The van der Waals surface area contributed by atoms with E-state index in [-0.39, 0.29) is 17.1 Å². The SMILES string of the molecule is Cc1c(Cn2ncc3nc(-n4cc(C(=O)O)cn4)[nH]c(=O)c32)ccc2ccccc12. The summed E-state index contributed by atoms with van der Waals surface area (Å²) in [5.41, 5.74) is 2.56. The molecule has 30 heavy (non-hydrogen) atoms. The maximum absolute atomic E-state index is 12.8. The molecule has 0 aliphatic heterocycles. The minimum atomic E-state index is -1.11. The van der Waals surface area contributed by atoms with Crippen molar-refractivity contribution in [1.29, 1.82) is 0 Å². The molecule has 2 aromatic carbocycles. The second kappa shape index (κ2) is 6.66. The molecule has 5 rings (SSSR count). The molecule has 3 aromatic heterocycles. The van der Waals surface area contributed by atoms with E-state index in [0.29, 0.717) is 17.6 Å². The lowest BCUT2D eigenvalue weighted by Gasteiger charge is -2.10. The van der Waals surface area contributed by atoms with Crippen LogP contribution in [0.25, 0.3) is 27.8 Å². The fraction of sp³-hybridized carbons (Fsp3) is 0.0952. The van der Waals surface area contributed by atoms with Crippen LogP contribution in [-0.4, -0.2) is 40.6 Å². The Balaban J connectivity index is 1.56. The first-order chi connectivity index (χ1) is 14.5. The van der Waals surface area contributed by atoms with Gasteiger partial charge in [0.15, 0.2) is 5.52 Å². The second-order valence-corrected chi connectivity index (χ2v) is 6.98. The van der Waals surface area contributed by atoms with Gasteiger partial charge in [-0.3, -0.25) is 14.5 Å². The van der Waals surface area contributed by atoms with Crippen LogP contribution in [0.5, 0.6) is 0 Å². The van der Waals surface area contributed by atoms with Crippen molar-refractivity contribution in [2.24, 2.45) is 0 Å². The van der Waals surface area contributed by atoms with Gasteiger partial charge in [0, 0.05) is 6.20 Å². The third kappa shape index (κ3) is 2.84. The zero-order chi connectivity index (χ0) is 20.8. The first-order valence-electron chi connectivity index (χ1n) is 9.22. The molecule has 2 N–H and O–H groups in total. The Morgan fingerprint density at radius 1 is 1.13 bits per heavy atom. The summed E-state index contributed by atoms with van der Waals surface area (Å²) in [6.07, 6.45) is 4.00. The summed E-state index contributed by atoms with van der Waals surface area (Å²) >= 11 is 0. The van der Waals surface area contributed by atoms with Crippen molar-refractivity contribution in [3.63, 3.8) is 0 Å². The molecule has 0 atom stereocenters. The lowest BCUT2D eigenvalue weighted by molar-refractivity contribution is 0.0697. The van der Waals surface area contributed by atoms with Gasteiger partial charge >= 0.3 is 5.97 Å². The Morgan fingerprint density at radius 3 is 2.77 bits per heavy atom. The highest BCUT2D eigenvalue weighted by molar-refractivity contribution is 5.87. The molecule has 0 fully saturated rings. The highest BCUT2D eigenvalue weighted by Gasteiger charge is 2.15. The van der Waals surface area contributed by atoms with E-state index < -0.39 is 5.97 Å². The molecule has 5 aromatic rings. The molecule has 0 spiro atoms. The number of aromatic nitrogens is 6. The van der Waals surface area contributed by atoms with Crippen molar-refractivity contribution < 1.29 is 9.90 Å². The molecule has 3 heterocycles. The number of nitrogens with zero attached hydrogens (tertiary/aromatic N) is 5. The summed E-state index contributed by atoms with van der Waals surface area (Å²) in [6.45, 7) is 2.48. The molecule has 0 radical (unpaired) electrons. The van der Waals surface area contributed by atoms with Crippen LogP contribution in [0.2, 0.25) is 0 Å². The van der Waals surface area contributed by atoms with Crippen LogP contribution in [0.4, 0.5) is 0 Å². The van der Waals surface area contributed by atoms with Crippen molar-refractivity contribution in [2.75, 3.05) is 0 Å². The fourth-order valence-electron chi connectivity index (χ4n) is 3.58. The fourth-order valence-corrected chi connectivity index (χ4v) is 3.58. The van der Waals surface area contributed by atoms with Crippen molar-refractivity contribution in [3.05, 3.63) is 82.0 Å². The van der Waals surface area contributed by atoms with Gasteiger partial charge in [-0.15, -0.1) is 0 Å². The van der Waals surface area contributed by atoms with Crippen LogP contribution in [0.15, 0.2) is 59.8 Å². The first-order valence-corrected chi connectivity index (χ1v) is 9.22. The lowest BCUT2D eigenvalue weighted by atomic mass is 10.0. The number of hydrogen-bond acceptors (Lipinski definition) is 5. The number of aromatic amines is 1. The van der Waals surface area contributed by atoms with Crippen LogP contribution < -0.4 is 5.56 Å². The topological polar surface area (TPSA) is 119 Å². The number of carboxylic acids is 1. The minimum absolute atomic E-state index is 0.000204. The molecule has 0 unspecified atom stereocenters. The third-order valence-corrected chi connectivity index (χ3v) is 5.16. The summed E-state index contributed by atoms with van der Waals surface area (Å²) in [6, 6.07) is 12.2. The summed E-state index contributed by atoms with van der Waals surface area (Å²) in [5, 5.41) is 19.7. The molecule has 148 valence electrons. The van der Waals surface area contributed by atoms with E-state index in [1.165, 1.54) is 23.3 Å². The highest BCUT2D eigenvalue weighted by atomic mass is 16.4. The van der Waals surface area contributed by atoms with Crippen LogP contribution in [-0.2, 0) is 6.54 Å². The molecule has 0 saturated heterocycles. The number of fused-ring (bicyclic) bond motifs is 2. The molecule has 9 heteroatoms. The average Bonchev–Trinajstić information content (AvgIpc) is 3.38. The molecular weight excluding hydrogens is 384 g/mol. The number of benzene rings is 2. The number of rotatable bonds is 4. The number of H-pyrrole nitrogens is 1. The van der Waals surface area contributed by atoms with Crippen molar-refractivity contribution in [2.45, 2.75) is 13.5 Å². The molecule has 0 amide bonds. The van der Waals surface area contributed by atoms with Gasteiger partial charge in [-0.25, -0.2) is 14.5 Å². The number of aryl methyl sites for hydroxylation is 1. The van der Waals surface area contributed by atoms with Gasteiger partial charge in [0.2, 0.25) is 5.95 Å². The number of aromatic carboxylic acids is 1. The smallest absolute Gasteiger partial charge is 0.338 e. The third-order valence-electron chi connectivity index (χ3n) is 5.16. The Bertz CT molecular complexity index is 1490. The van der Waals surface area contributed by atoms with E-state index in [9.17, 15) is 9.59 Å². The van der Waals surface area contributed by atoms with Crippen LogP contribution in [0, 0.1) is 6.92 Å². The monoisotopic (exact) mass is 400 g/mol. The largest absolute Gasteiger partial charge is 0.478 e. The summed E-state index contributed by atoms with van der Waals surface area (Å²) in [5.74, 6) is -0.982. The summed E-state index contributed by atoms with van der Waals surface area (Å²) in [4.78, 5) is 30.9. The Kier molecular flexibility index (Phi) is 3.95. The molecular formula is C21H16N6O3. The van der Waals surface area contributed by atoms with E-state index in [2.05, 4.69) is 45.3 Å². The van der Waals surface area contributed by atoms with Gasteiger partial charge < -0.3 is 5.11 Å².